The average molecular weight is 746 g/mol. The number of allylic oxidation sites excluding steroid dienone is 2. The molecule has 4 fully saturated rings. The second kappa shape index (κ2) is 12.0. The summed E-state index contributed by atoms with van der Waals surface area (Å²) < 4.78 is 5.83. The second-order valence-corrected chi connectivity index (χ2v) is 14.0. The fraction of sp³-hybridized carbons (Fsp3) is 0.897. The quantitative estimate of drug-likeness (QED) is 0.174. The fourth-order valence-corrected chi connectivity index (χ4v) is 10.7. The van der Waals surface area contributed by atoms with Crippen molar-refractivity contribution in [3.8, 4) is 0 Å². The van der Waals surface area contributed by atoms with Gasteiger partial charge in [-0.3, -0.25) is 4.79 Å². The van der Waals surface area contributed by atoms with Crippen LogP contribution in [0.4, 0.5) is 0 Å². The van der Waals surface area contributed by atoms with Crippen LogP contribution in [-0.4, -0.2) is 46.7 Å². The van der Waals surface area contributed by atoms with Crippen molar-refractivity contribution < 1.29 is 68.4 Å². The van der Waals surface area contributed by atoms with E-state index in [1.165, 1.54) is 5.57 Å². The smallest absolute Gasteiger partial charge is 0.306 e. The first-order valence-electron chi connectivity index (χ1n) is 14.1. The summed E-state index contributed by atoms with van der Waals surface area (Å²) in [6, 6.07) is 0. The molecule has 0 aromatic heterocycles. The van der Waals surface area contributed by atoms with Crippen LogP contribution in [-0.2, 0) is 8.98 Å². The summed E-state index contributed by atoms with van der Waals surface area (Å²) >= 11 is 0.968. The van der Waals surface area contributed by atoms with Crippen molar-refractivity contribution in [3.05, 3.63) is 11.6 Å². The number of carboxylic acid groups (broad SMARTS) is 1. The molecule has 205 valence electrons. The summed E-state index contributed by atoms with van der Waals surface area (Å²) in [5.74, 6) is -0.775. The minimum Gasteiger partial charge on any atom is -0.481 e. The van der Waals surface area contributed by atoms with Gasteiger partial charge in [0.1, 0.15) is 0 Å². The molecule has 4 aliphatic rings. The molecule has 37 heavy (non-hydrogen) atoms. The Bertz CT molecular complexity index is 869. The fourth-order valence-electron chi connectivity index (χ4n) is 10.3. The topological polar surface area (TPSA) is 87.0 Å². The number of carboxylic acids is 1. The summed E-state index contributed by atoms with van der Waals surface area (Å²) in [6.07, 6.45) is 7.53. The Morgan fingerprint density at radius 2 is 1.78 bits per heavy atom. The van der Waals surface area contributed by atoms with Gasteiger partial charge in [0.25, 0.3) is 0 Å². The monoisotopic (exact) mass is 745 g/mol. The molecule has 3 radical (unpaired) electrons. The third-order valence-corrected chi connectivity index (χ3v) is 12.3. The summed E-state index contributed by atoms with van der Waals surface area (Å²) in [7, 11) is 5.65. The number of hydrogen-bond donors (Lipinski definition) is 3. The van der Waals surface area contributed by atoms with Gasteiger partial charge in [-0.25, -0.2) is 0 Å². The number of aliphatic hydroxyl groups excluding tert-OH is 2. The van der Waals surface area contributed by atoms with Crippen LogP contribution in [0.3, 0.4) is 0 Å². The molecule has 3 N–H and O–H groups in total. The van der Waals surface area contributed by atoms with Crippen molar-refractivity contribution >= 4 is 25.0 Å². The van der Waals surface area contributed by atoms with Gasteiger partial charge in [-0.15, -0.1) is 0 Å². The molecule has 5 nitrogen and oxygen atoms in total. The van der Waals surface area contributed by atoms with Gasteiger partial charge < -0.3 is 19.5 Å². The Balaban J connectivity index is 0.00000380. The van der Waals surface area contributed by atoms with Crippen LogP contribution in [0.2, 0.25) is 0 Å². The molecule has 4 aliphatic carbocycles. The minimum atomic E-state index is -0.812. The molecule has 0 aromatic carbocycles. The minimum absolute atomic E-state index is 0. The third kappa shape index (κ3) is 5.34. The van der Waals surface area contributed by atoms with E-state index in [0.29, 0.717) is 37.5 Å². The maximum absolute atomic E-state index is 12.5. The molecule has 12 atom stereocenters. The molecule has 0 amide bonds. The summed E-state index contributed by atoms with van der Waals surface area (Å²) in [4.78, 5) is 12.5. The van der Waals surface area contributed by atoms with E-state index in [0.717, 1.165) is 37.6 Å². The van der Waals surface area contributed by atoms with Crippen molar-refractivity contribution in [2.75, 3.05) is 0 Å². The first kappa shape index (κ1) is 32.5. The molecule has 0 aromatic rings. The van der Waals surface area contributed by atoms with Crippen molar-refractivity contribution in [1.82, 2.24) is 0 Å². The standard InChI is InChI=1S/C29H47BO5S.Ac/c1-16(2)8-7-9-18(26(33)34)24-20-14-21(31)25-27(4)12-11-23(35-36-30)17(3)19(27)10-13-28(25,5)29(20,6)15-22(24)32;/h8,17-25,31-32H,7,9-15H2,1-6H3,(H,33,34);. The number of hydrogen-bond acceptors (Lipinski definition) is 5. The number of carbonyl (C=O) groups is 1. The van der Waals surface area contributed by atoms with Crippen molar-refractivity contribution in [2.24, 2.45) is 51.8 Å². The summed E-state index contributed by atoms with van der Waals surface area (Å²) in [5.41, 5.74) is 0.805. The van der Waals surface area contributed by atoms with E-state index >= 15 is 0 Å². The van der Waals surface area contributed by atoms with Gasteiger partial charge in [-0.1, -0.05) is 51.2 Å². The van der Waals surface area contributed by atoms with Gasteiger partial charge in [-0.05, 0) is 105 Å². The molecule has 12 unspecified atom stereocenters. The van der Waals surface area contributed by atoms with Crippen LogP contribution < -0.4 is 0 Å². The van der Waals surface area contributed by atoms with Crippen LogP contribution in [0.5, 0.6) is 0 Å². The van der Waals surface area contributed by atoms with E-state index < -0.39 is 24.1 Å². The van der Waals surface area contributed by atoms with Gasteiger partial charge in [0.2, 0.25) is 7.12 Å². The third-order valence-electron chi connectivity index (χ3n) is 11.9. The maximum atomic E-state index is 12.5. The normalized spacial score (nSPS) is 47.6. The van der Waals surface area contributed by atoms with Crippen LogP contribution in [0.25, 0.3) is 0 Å². The van der Waals surface area contributed by atoms with E-state index in [1.807, 2.05) is 13.8 Å². The molecule has 0 aliphatic heterocycles. The number of aliphatic hydroxyl groups is 2. The van der Waals surface area contributed by atoms with Gasteiger partial charge in [0.05, 0.1) is 24.2 Å². The largest absolute Gasteiger partial charge is 0.481 e. The zero-order chi connectivity index (χ0) is 26.6. The molecule has 8 heteroatoms. The van der Waals surface area contributed by atoms with Crippen LogP contribution in [0, 0.1) is 95.8 Å². The van der Waals surface area contributed by atoms with Gasteiger partial charge in [-0.2, -0.15) is 0 Å². The number of fused-ring (bicyclic) bond motifs is 5. The Kier molecular flexibility index (Phi) is 10.6. The van der Waals surface area contributed by atoms with E-state index in [4.69, 9.17) is 11.3 Å². The van der Waals surface area contributed by atoms with Gasteiger partial charge in [0.15, 0.2) is 0 Å². The predicted octanol–water partition coefficient (Wildman–Crippen LogP) is 5.79. The molecular formula is C29H47AcBO5S. The molecule has 0 bridgehead atoms. The second-order valence-electron chi connectivity index (χ2n) is 13.7. The van der Waals surface area contributed by atoms with E-state index in [1.54, 1.807) is 0 Å². The Morgan fingerprint density at radius 1 is 1.11 bits per heavy atom. The molecular weight excluding hydrogens is 698 g/mol. The average Bonchev–Trinajstić information content (AvgIpc) is 3.03. The molecule has 0 heterocycles. The molecule has 4 rings (SSSR count). The predicted molar refractivity (Wildman–Crippen MR) is 145 cm³/mol. The van der Waals surface area contributed by atoms with Crippen LogP contribution in [0.1, 0.15) is 92.9 Å². The number of rotatable bonds is 7. The summed E-state index contributed by atoms with van der Waals surface area (Å²) in [6.45, 7) is 13.4. The van der Waals surface area contributed by atoms with E-state index in [-0.39, 0.29) is 84.2 Å². The molecule has 0 saturated heterocycles. The van der Waals surface area contributed by atoms with Gasteiger partial charge in [0, 0.05) is 50.0 Å². The van der Waals surface area contributed by atoms with Crippen molar-refractivity contribution in [1.29, 1.82) is 0 Å². The Hall–Kier alpha value is 0.946. The van der Waals surface area contributed by atoms with Crippen LogP contribution >= 0.6 is 11.9 Å². The van der Waals surface area contributed by atoms with E-state index in [9.17, 15) is 20.1 Å². The summed E-state index contributed by atoms with van der Waals surface area (Å²) in [5, 5.41) is 33.5. The first-order chi connectivity index (χ1) is 16.8. The van der Waals surface area contributed by atoms with Crippen molar-refractivity contribution in [3.63, 3.8) is 0 Å². The maximum Gasteiger partial charge on any atom is 0.306 e. The zero-order valence-electron chi connectivity index (χ0n) is 23.7. The zero-order valence-corrected chi connectivity index (χ0v) is 29.2. The van der Waals surface area contributed by atoms with Crippen molar-refractivity contribution in [2.45, 2.75) is 111 Å². The van der Waals surface area contributed by atoms with Gasteiger partial charge >= 0.3 is 5.97 Å². The number of aliphatic carboxylic acids is 1. The first-order valence-corrected chi connectivity index (χ1v) is 14.9. The Morgan fingerprint density at radius 3 is 2.38 bits per heavy atom. The molecule has 0 spiro atoms. The SMILES string of the molecule is [Ac].[B]SOC1CCC2(C)C(CCC3(C)C2C(O)CC2C(C(CCC=C(C)C)C(=O)O)C(O)CC23C)C1C. The van der Waals surface area contributed by atoms with E-state index in [2.05, 4.69) is 33.8 Å². The Labute approximate surface area is 265 Å². The van der Waals surface area contributed by atoms with Crippen LogP contribution in [0.15, 0.2) is 11.6 Å². The molecule has 4 saturated carbocycles.